The topological polar surface area (TPSA) is 81.0 Å². The van der Waals surface area contributed by atoms with Crippen molar-refractivity contribution < 1.29 is 9.31 Å². The molecule has 0 atom stereocenters. The molecule has 8 heteroatoms. The molecule has 1 N–H and O–H groups in total. The first-order chi connectivity index (χ1) is 8.58. The van der Waals surface area contributed by atoms with Gasteiger partial charge >= 0.3 is 5.69 Å². The largest absolute Gasteiger partial charge is 0.348 e. The van der Waals surface area contributed by atoms with E-state index in [9.17, 15) is 14.5 Å². The summed E-state index contributed by atoms with van der Waals surface area (Å²) in [5, 5.41) is 13.2. The predicted molar refractivity (Wildman–Crippen MR) is 63.4 cm³/mol. The van der Waals surface area contributed by atoms with Crippen molar-refractivity contribution in [1.82, 2.24) is 9.97 Å². The number of nitrogens with one attached hydrogen (secondary N) is 1. The average Bonchev–Trinajstić information content (AvgIpc) is 2.32. The lowest BCUT2D eigenvalue weighted by Crippen LogP contribution is -2.01. The van der Waals surface area contributed by atoms with E-state index in [1.54, 1.807) is 0 Å². The van der Waals surface area contributed by atoms with Crippen molar-refractivity contribution in [2.24, 2.45) is 0 Å². The Morgan fingerprint density at radius 2 is 1.94 bits per heavy atom. The maximum absolute atomic E-state index is 12.7. The minimum Gasteiger partial charge on any atom is -0.334 e. The molecule has 0 amide bonds. The third kappa shape index (κ3) is 2.51. The number of anilines is 2. The summed E-state index contributed by atoms with van der Waals surface area (Å²) in [7, 11) is 0. The van der Waals surface area contributed by atoms with Crippen molar-refractivity contribution in [3.63, 3.8) is 0 Å². The number of hydrogen-bond acceptors (Lipinski definition) is 5. The van der Waals surface area contributed by atoms with E-state index in [4.69, 9.17) is 11.6 Å². The van der Waals surface area contributed by atoms with Gasteiger partial charge in [-0.15, -0.1) is 0 Å². The number of nitrogens with zero attached hydrogens (tertiary/aromatic N) is 3. The minimum atomic E-state index is -0.686. The van der Waals surface area contributed by atoms with Crippen LogP contribution in [-0.4, -0.2) is 14.9 Å². The molecule has 0 aliphatic heterocycles. The highest BCUT2D eigenvalue weighted by Crippen LogP contribution is 2.30. The van der Waals surface area contributed by atoms with E-state index in [1.807, 2.05) is 0 Å². The van der Waals surface area contributed by atoms with E-state index in [0.29, 0.717) is 5.69 Å². The monoisotopic (exact) mass is 268 g/mol. The highest BCUT2D eigenvalue weighted by Gasteiger charge is 2.21. The van der Waals surface area contributed by atoms with Gasteiger partial charge in [0, 0.05) is 5.69 Å². The SMILES string of the molecule is O=[N+]([O-])c1c(Cl)ncnc1Nc1ccc(F)cc1. The highest BCUT2D eigenvalue weighted by molar-refractivity contribution is 6.31. The molecular weight excluding hydrogens is 263 g/mol. The third-order valence-corrected chi connectivity index (χ3v) is 2.34. The summed E-state index contributed by atoms with van der Waals surface area (Å²) in [4.78, 5) is 17.4. The van der Waals surface area contributed by atoms with Gasteiger partial charge in [-0.05, 0) is 24.3 Å². The fourth-order valence-electron chi connectivity index (χ4n) is 1.28. The smallest absolute Gasteiger partial charge is 0.334 e. The van der Waals surface area contributed by atoms with Gasteiger partial charge < -0.3 is 5.32 Å². The third-order valence-electron chi connectivity index (χ3n) is 2.07. The summed E-state index contributed by atoms with van der Waals surface area (Å²) in [6.07, 6.45) is 1.10. The first-order valence-corrected chi connectivity index (χ1v) is 5.13. The predicted octanol–water partition coefficient (Wildman–Crippen LogP) is 2.92. The van der Waals surface area contributed by atoms with Crippen molar-refractivity contribution in [2.45, 2.75) is 0 Å². The van der Waals surface area contributed by atoms with Crippen LogP contribution in [0.2, 0.25) is 5.15 Å². The van der Waals surface area contributed by atoms with Gasteiger partial charge in [0.2, 0.25) is 11.0 Å². The van der Waals surface area contributed by atoms with E-state index in [2.05, 4.69) is 15.3 Å². The molecule has 0 aliphatic rings. The van der Waals surface area contributed by atoms with Gasteiger partial charge in [0.25, 0.3) is 0 Å². The van der Waals surface area contributed by atoms with Crippen LogP contribution in [0.1, 0.15) is 0 Å². The zero-order valence-electron chi connectivity index (χ0n) is 8.80. The molecule has 0 spiro atoms. The molecule has 0 radical (unpaired) electrons. The maximum atomic E-state index is 12.7. The lowest BCUT2D eigenvalue weighted by Gasteiger charge is -2.05. The second kappa shape index (κ2) is 4.92. The summed E-state index contributed by atoms with van der Waals surface area (Å²) in [6.45, 7) is 0. The van der Waals surface area contributed by atoms with Crippen LogP contribution in [0.15, 0.2) is 30.6 Å². The molecule has 0 saturated heterocycles. The fraction of sp³-hybridized carbons (Fsp3) is 0. The summed E-state index contributed by atoms with van der Waals surface area (Å²) < 4.78 is 12.7. The molecule has 2 aromatic rings. The second-order valence-corrected chi connectivity index (χ2v) is 3.61. The fourth-order valence-corrected chi connectivity index (χ4v) is 1.48. The molecule has 0 bridgehead atoms. The molecular formula is C10H6ClFN4O2. The number of nitro groups is 1. The van der Waals surface area contributed by atoms with Crippen LogP contribution in [0.5, 0.6) is 0 Å². The second-order valence-electron chi connectivity index (χ2n) is 3.25. The van der Waals surface area contributed by atoms with Crippen molar-refractivity contribution in [3.05, 3.63) is 51.7 Å². The quantitative estimate of drug-likeness (QED) is 0.526. The van der Waals surface area contributed by atoms with Gasteiger partial charge in [0.15, 0.2) is 0 Å². The van der Waals surface area contributed by atoms with E-state index in [1.165, 1.54) is 24.3 Å². The van der Waals surface area contributed by atoms with Gasteiger partial charge in [0.1, 0.15) is 12.1 Å². The molecule has 0 fully saturated rings. The average molecular weight is 269 g/mol. The number of rotatable bonds is 3. The molecule has 2 rings (SSSR count). The first-order valence-electron chi connectivity index (χ1n) is 4.75. The summed E-state index contributed by atoms with van der Waals surface area (Å²) in [5.74, 6) is -0.456. The molecule has 6 nitrogen and oxygen atoms in total. The highest BCUT2D eigenvalue weighted by atomic mass is 35.5. The van der Waals surface area contributed by atoms with E-state index < -0.39 is 16.4 Å². The molecule has 1 heterocycles. The Kier molecular flexibility index (Phi) is 3.33. The Balaban J connectivity index is 2.37. The van der Waals surface area contributed by atoms with E-state index in [-0.39, 0.29) is 11.0 Å². The Hall–Kier alpha value is -2.28. The van der Waals surface area contributed by atoms with E-state index >= 15 is 0 Å². The summed E-state index contributed by atoms with van der Waals surface area (Å²) in [6, 6.07) is 5.29. The molecule has 0 aliphatic carbocycles. The molecule has 0 unspecified atom stereocenters. The van der Waals surface area contributed by atoms with Crippen LogP contribution < -0.4 is 5.32 Å². The number of hydrogen-bond donors (Lipinski definition) is 1. The van der Waals surface area contributed by atoms with Crippen molar-refractivity contribution >= 4 is 28.8 Å². The van der Waals surface area contributed by atoms with Crippen LogP contribution in [0, 0.1) is 15.9 Å². The standard InChI is InChI=1S/C10H6ClFN4O2/c11-9-8(16(17)18)10(14-5-13-9)15-7-3-1-6(12)2-4-7/h1-5H,(H,13,14,15). The normalized spacial score (nSPS) is 10.1. The van der Waals surface area contributed by atoms with Crippen molar-refractivity contribution in [1.29, 1.82) is 0 Å². The van der Waals surface area contributed by atoms with Gasteiger partial charge in [0.05, 0.1) is 4.92 Å². The summed E-state index contributed by atoms with van der Waals surface area (Å²) >= 11 is 5.62. The molecule has 0 saturated carbocycles. The number of halogens is 2. The Morgan fingerprint density at radius 3 is 2.56 bits per heavy atom. The van der Waals surface area contributed by atoms with Crippen molar-refractivity contribution in [3.8, 4) is 0 Å². The van der Waals surface area contributed by atoms with Gasteiger partial charge in [-0.25, -0.2) is 14.4 Å². The van der Waals surface area contributed by atoms with Crippen LogP contribution in [0.25, 0.3) is 0 Å². The van der Waals surface area contributed by atoms with E-state index in [0.717, 1.165) is 6.33 Å². The maximum Gasteiger partial charge on any atom is 0.348 e. The van der Waals surface area contributed by atoms with Crippen LogP contribution >= 0.6 is 11.6 Å². The minimum absolute atomic E-state index is 0.0494. The van der Waals surface area contributed by atoms with Gasteiger partial charge in [-0.3, -0.25) is 10.1 Å². The van der Waals surface area contributed by atoms with Gasteiger partial charge in [-0.2, -0.15) is 0 Å². The lowest BCUT2D eigenvalue weighted by molar-refractivity contribution is -0.384. The molecule has 1 aromatic heterocycles. The summed E-state index contributed by atoms with van der Waals surface area (Å²) in [5.41, 5.74) is 0.0257. The van der Waals surface area contributed by atoms with Gasteiger partial charge in [-0.1, -0.05) is 11.6 Å². The number of benzene rings is 1. The molecule has 1 aromatic carbocycles. The van der Waals surface area contributed by atoms with Crippen LogP contribution in [0.3, 0.4) is 0 Å². The molecule has 92 valence electrons. The Morgan fingerprint density at radius 1 is 1.28 bits per heavy atom. The zero-order chi connectivity index (χ0) is 13.1. The molecule has 18 heavy (non-hydrogen) atoms. The first kappa shape index (κ1) is 12.2. The van der Waals surface area contributed by atoms with Crippen LogP contribution in [-0.2, 0) is 0 Å². The Labute approximate surface area is 106 Å². The van der Waals surface area contributed by atoms with Crippen molar-refractivity contribution in [2.75, 3.05) is 5.32 Å². The lowest BCUT2D eigenvalue weighted by atomic mass is 10.3. The van der Waals surface area contributed by atoms with Crippen LogP contribution in [0.4, 0.5) is 21.6 Å². The number of aromatic nitrogens is 2. The Bertz CT molecular complexity index is 591. The zero-order valence-corrected chi connectivity index (χ0v) is 9.56.